The van der Waals surface area contributed by atoms with E-state index in [1.165, 1.54) is 5.56 Å². The molecule has 0 aliphatic carbocycles. The van der Waals surface area contributed by atoms with Crippen LogP contribution in [0.2, 0.25) is 0 Å². The van der Waals surface area contributed by atoms with Gasteiger partial charge in [0.2, 0.25) is 0 Å². The van der Waals surface area contributed by atoms with E-state index in [2.05, 4.69) is 35.9 Å². The van der Waals surface area contributed by atoms with Gasteiger partial charge in [-0.15, -0.1) is 0 Å². The molecule has 0 aliphatic rings. The zero-order valence-corrected chi connectivity index (χ0v) is 11.5. The van der Waals surface area contributed by atoms with Crippen molar-refractivity contribution in [2.45, 2.75) is 20.8 Å². The Labute approximate surface area is 108 Å². The lowest BCUT2D eigenvalue weighted by Crippen LogP contribution is -2.22. The van der Waals surface area contributed by atoms with E-state index >= 15 is 0 Å². The summed E-state index contributed by atoms with van der Waals surface area (Å²) < 4.78 is 2.05. The number of likely N-dealkylation sites (N-methyl/N-ethyl adjacent to an activating group) is 1. The minimum atomic E-state index is 0.163. The largest absolute Gasteiger partial charge is 0.350 e. The molecule has 0 unspecified atom stereocenters. The molecule has 0 radical (unpaired) electrons. The molecule has 3 heteroatoms. The summed E-state index contributed by atoms with van der Waals surface area (Å²) in [6.45, 7) is 7.37. The van der Waals surface area contributed by atoms with Gasteiger partial charge in [-0.2, -0.15) is 0 Å². The first-order chi connectivity index (χ1) is 8.56. The van der Waals surface area contributed by atoms with Crippen molar-refractivity contribution in [1.29, 1.82) is 0 Å². The van der Waals surface area contributed by atoms with Gasteiger partial charge >= 0.3 is 0 Å². The molecule has 18 heavy (non-hydrogen) atoms. The van der Waals surface area contributed by atoms with Gasteiger partial charge in [-0.1, -0.05) is 19.1 Å². The Morgan fingerprint density at radius 2 is 1.94 bits per heavy atom. The van der Waals surface area contributed by atoms with Gasteiger partial charge in [0.15, 0.2) is 5.78 Å². The number of ketones is 1. The summed E-state index contributed by atoms with van der Waals surface area (Å²) in [5.74, 6) is 0.163. The Morgan fingerprint density at radius 3 is 2.61 bits per heavy atom. The molecular weight excluding hydrogens is 224 g/mol. The molecule has 1 N–H and O–H groups in total. The fourth-order valence-corrected chi connectivity index (χ4v) is 2.46. The van der Waals surface area contributed by atoms with Gasteiger partial charge in [0, 0.05) is 24.2 Å². The highest BCUT2D eigenvalue weighted by molar-refractivity contribution is 6.10. The fourth-order valence-electron chi connectivity index (χ4n) is 2.46. The molecule has 0 bridgehead atoms. The quantitative estimate of drug-likeness (QED) is 0.839. The van der Waals surface area contributed by atoms with E-state index in [4.69, 9.17) is 0 Å². The van der Waals surface area contributed by atoms with Crippen molar-refractivity contribution < 1.29 is 4.79 Å². The second-order valence-electron chi connectivity index (χ2n) is 4.78. The molecule has 0 spiro atoms. The van der Waals surface area contributed by atoms with Crippen LogP contribution in [0.5, 0.6) is 0 Å². The van der Waals surface area contributed by atoms with E-state index in [1.54, 1.807) is 0 Å². The minimum absolute atomic E-state index is 0.163. The van der Waals surface area contributed by atoms with Crippen molar-refractivity contribution >= 4 is 16.7 Å². The van der Waals surface area contributed by atoms with Crippen molar-refractivity contribution in [3.8, 4) is 0 Å². The molecule has 1 aromatic heterocycles. The second kappa shape index (κ2) is 4.94. The number of fused-ring (bicyclic) bond motifs is 1. The summed E-state index contributed by atoms with van der Waals surface area (Å²) in [5.41, 5.74) is 4.36. The number of carbonyl (C=O) groups excluding carboxylic acids is 1. The van der Waals surface area contributed by atoms with E-state index in [1.807, 2.05) is 20.2 Å². The van der Waals surface area contributed by atoms with E-state index in [9.17, 15) is 4.79 Å². The van der Waals surface area contributed by atoms with Gasteiger partial charge in [0.1, 0.15) is 0 Å². The van der Waals surface area contributed by atoms with Crippen molar-refractivity contribution in [3.63, 3.8) is 0 Å². The van der Waals surface area contributed by atoms with Gasteiger partial charge in [-0.25, -0.2) is 0 Å². The lowest BCUT2D eigenvalue weighted by atomic mass is 10.0. The third kappa shape index (κ3) is 2.06. The van der Waals surface area contributed by atoms with E-state index in [0.717, 1.165) is 28.6 Å². The number of nitrogens with one attached hydrogen (secondary N) is 1. The molecule has 2 aromatic rings. The standard InChI is InChI=1S/C15H20N2O/c1-5-16-8-13(18)12-9-17(4)15-11(3)7-6-10(2)14(12)15/h6-7,9,16H,5,8H2,1-4H3. The number of aromatic nitrogens is 1. The maximum Gasteiger partial charge on any atom is 0.178 e. The Morgan fingerprint density at radius 1 is 1.28 bits per heavy atom. The number of benzene rings is 1. The summed E-state index contributed by atoms with van der Waals surface area (Å²) in [7, 11) is 2.00. The summed E-state index contributed by atoms with van der Waals surface area (Å²) in [6.07, 6.45) is 1.95. The predicted molar refractivity (Wildman–Crippen MR) is 75.3 cm³/mol. The number of aryl methyl sites for hydroxylation is 3. The highest BCUT2D eigenvalue weighted by Crippen LogP contribution is 2.27. The maximum atomic E-state index is 12.2. The van der Waals surface area contributed by atoms with Crippen LogP contribution < -0.4 is 5.32 Å². The molecule has 0 atom stereocenters. The molecule has 96 valence electrons. The van der Waals surface area contributed by atoms with E-state index in [0.29, 0.717) is 6.54 Å². The number of nitrogens with zero attached hydrogens (tertiary/aromatic N) is 1. The lowest BCUT2D eigenvalue weighted by molar-refractivity contribution is 0.0993. The van der Waals surface area contributed by atoms with Gasteiger partial charge < -0.3 is 9.88 Å². The van der Waals surface area contributed by atoms with Crippen molar-refractivity contribution in [1.82, 2.24) is 9.88 Å². The first-order valence-electron chi connectivity index (χ1n) is 6.35. The number of hydrogen-bond donors (Lipinski definition) is 1. The highest BCUT2D eigenvalue weighted by Gasteiger charge is 2.16. The van der Waals surface area contributed by atoms with Gasteiger partial charge in [-0.3, -0.25) is 4.79 Å². The average Bonchev–Trinajstić information content (AvgIpc) is 2.70. The first-order valence-corrected chi connectivity index (χ1v) is 6.35. The van der Waals surface area contributed by atoms with Crippen LogP contribution in [0.4, 0.5) is 0 Å². The Balaban J connectivity index is 2.59. The zero-order valence-electron chi connectivity index (χ0n) is 11.5. The smallest absolute Gasteiger partial charge is 0.178 e. The van der Waals surface area contributed by atoms with E-state index < -0.39 is 0 Å². The third-order valence-corrected chi connectivity index (χ3v) is 3.37. The third-order valence-electron chi connectivity index (χ3n) is 3.37. The topological polar surface area (TPSA) is 34.0 Å². The van der Waals surface area contributed by atoms with Crippen LogP contribution in [-0.2, 0) is 7.05 Å². The summed E-state index contributed by atoms with van der Waals surface area (Å²) in [5, 5.41) is 4.19. The van der Waals surface area contributed by atoms with Crippen molar-refractivity contribution in [2.75, 3.05) is 13.1 Å². The molecule has 1 aromatic carbocycles. The van der Waals surface area contributed by atoms with Crippen LogP contribution in [0.1, 0.15) is 28.4 Å². The monoisotopic (exact) mass is 244 g/mol. The van der Waals surface area contributed by atoms with Crippen LogP contribution >= 0.6 is 0 Å². The van der Waals surface area contributed by atoms with Crippen molar-refractivity contribution in [3.05, 3.63) is 35.0 Å². The normalized spacial score (nSPS) is 11.1. The zero-order chi connectivity index (χ0) is 13.3. The molecule has 2 rings (SSSR count). The van der Waals surface area contributed by atoms with Gasteiger partial charge in [0.05, 0.1) is 12.1 Å². The molecule has 3 nitrogen and oxygen atoms in total. The molecule has 0 saturated carbocycles. The Hall–Kier alpha value is -1.61. The molecule has 1 heterocycles. The minimum Gasteiger partial charge on any atom is -0.350 e. The average molecular weight is 244 g/mol. The van der Waals surface area contributed by atoms with Crippen LogP contribution in [0.15, 0.2) is 18.3 Å². The molecule has 0 amide bonds. The molecule has 0 saturated heterocycles. The SMILES string of the molecule is CCNCC(=O)c1cn(C)c2c(C)ccc(C)c12. The fraction of sp³-hybridized carbons (Fsp3) is 0.400. The number of carbonyl (C=O) groups is 1. The summed E-state index contributed by atoms with van der Waals surface area (Å²) in [6, 6.07) is 4.19. The highest BCUT2D eigenvalue weighted by atomic mass is 16.1. The molecule has 0 aliphatic heterocycles. The Bertz CT molecular complexity index is 596. The number of Topliss-reactive ketones (excluding diaryl/α,β-unsaturated/α-hetero) is 1. The van der Waals surface area contributed by atoms with Crippen LogP contribution in [-0.4, -0.2) is 23.4 Å². The summed E-state index contributed by atoms with van der Waals surface area (Å²) >= 11 is 0. The number of rotatable bonds is 4. The van der Waals surface area contributed by atoms with Gasteiger partial charge in [0.25, 0.3) is 0 Å². The first kappa shape index (κ1) is 12.8. The Kier molecular flexibility index (Phi) is 3.53. The predicted octanol–water partition coefficient (Wildman–Crippen LogP) is 2.59. The maximum absolute atomic E-state index is 12.2. The van der Waals surface area contributed by atoms with E-state index in [-0.39, 0.29) is 5.78 Å². The van der Waals surface area contributed by atoms with Crippen LogP contribution in [0, 0.1) is 13.8 Å². The summed E-state index contributed by atoms with van der Waals surface area (Å²) in [4.78, 5) is 12.2. The second-order valence-corrected chi connectivity index (χ2v) is 4.78. The van der Waals surface area contributed by atoms with Gasteiger partial charge in [-0.05, 0) is 31.5 Å². The van der Waals surface area contributed by atoms with Crippen molar-refractivity contribution in [2.24, 2.45) is 7.05 Å². The van der Waals surface area contributed by atoms with Crippen LogP contribution in [0.3, 0.4) is 0 Å². The molecule has 0 fully saturated rings. The molecular formula is C15H20N2O. The lowest BCUT2D eigenvalue weighted by Gasteiger charge is -2.05. The number of hydrogen-bond acceptors (Lipinski definition) is 2. The van der Waals surface area contributed by atoms with Crippen LogP contribution in [0.25, 0.3) is 10.9 Å².